The van der Waals surface area contributed by atoms with E-state index < -0.39 is 0 Å². The zero-order chi connectivity index (χ0) is 10.0. The van der Waals surface area contributed by atoms with Gasteiger partial charge in [-0.1, -0.05) is 0 Å². The Balaban J connectivity index is 3.45. The number of phenols is 1. The minimum Gasteiger partial charge on any atom is -0.507 e. The van der Waals surface area contributed by atoms with E-state index in [1.807, 2.05) is 0 Å². The van der Waals surface area contributed by atoms with Crippen LogP contribution < -0.4 is 4.74 Å². The van der Waals surface area contributed by atoms with Gasteiger partial charge in [0, 0.05) is 6.07 Å². The van der Waals surface area contributed by atoms with Crippen molar-refractivity contribution in [3.63, 3.8) is 0 Å². The summed E-state index contributed by atoms with van der Waals surface area (Å²) in [4.78, 5) is 10.6. The number of methoxy groups -OCH3 is 1. The molecule has 0 aliphatic rings. The summed E-state index contributed by atoms with van der Waals surface area (Å²) in [6.07, 6.45) is 0.620. The molecule has 0 aromatic heterocycles. The van der Waals surface area contributed by atoms with E-state index in [0.29, 0.717) is 22.1 Å². The second-order valence-electron chi connectivity index (χ2n) is 2.57. The van der Waals surface area contributed by atoms with Crippen LogP contribution >= 0.6 is 15.9 Å². The minimum atomic E-state index is -0.0625. The van der Waals surface area contributed by atoms with E-state index in [1.54, 1.807) is 6.92 Å². The van der Waals surface area contributed by atoms with Gasteiger partial charge >= 0.3 is 0 Å². The standard InChI is InChI=1S/C9H9BrO3/c1-5-6(4-11)7(12)3-8(13-2)9(5)10/h3-4,12H,1-2H3. The van der Waals surface area contributed by atoms with Gasteiger partial charge in [-0.25, -0.2) is 0 Å². The number of carbonyl (C=O) groups is 1. The molecule has 1 N–H and O–H groups in total. The van der Waals surface area contributed by atoms with Crippen LogP contribution in [0.2, 0.25) is 0 Å². The maximum atomic E-state index is 10.6. The molecule has 0 unspecified atom stereocenters. The van der Waals surface area contributed by atoms with E-state index in [-0.39, 0.29) is 11.3 Å². The number of carbonyl (C=O) groups excluding carboxylic acids is 1. The van der Waals surface area contributed by atoms with E-state index in [0.717, 1.165) is 0 Å². The molecule has 70 valence electrons. The van der Waals surface area contributed by atoms with Gasteiger partial charge in [0.15, 0.2) is 6.29 Å². The average molecular weight is 245 g/mol. The summed E-state index contributed by atoms with van der Waals surface area (Å²) in [5, 5.41) is 9.40. The number of halogens is 1. The van der Waals surface area contributed by atoms with Crippen LogP contribution in [0.3, 0.4) is 0 Å². The molecule has 3 nitrogen and oxygen atoms in total. The highest BCUT2D eigenvalue weighted by Gasteiger charge is 2.12. The Kier molecular flexibility index (Phi) is 2.93. The van der Waals surface area contributed by atoms with E-state index in [9.17, 15) is 9.90 Å². The molecule has 0 amide bonds. The first-order valence-corrected chi connectivity index (χ1v) is 4.42. The van der Waals surface area contributed by atoms with Gasteiger partial charge in [-0.3, -0.25) is 4.79 Å². The molecule has 0 aliphatic carbocycles. The maximum absolute atomic E-state index is 10.6. The highest BCUT2D eigenvalue weighted by atomic mass is 79.9. The molecule has 0 aliphatic heterocycles. The molecule has 0 atom stereocenters. The molecule has 1 rings (SSSR count). The quantitative estimate of drug-likeness (QED) is 0.813. The number of hydrogen-bond donors (Lipinski definition) is 1. The van der Waals surface area contributed by atoms with Crippen LogP contribution in [-0.2, 0) is 0 Å². The summed E-state index contributed by atoms with van der Waals surface area (Å²) in [5.41, 5.74) is 0.958. The summed E-state index contributed by atoms with van der Waals surface area (Å²) in [7, 11) is 1.50. The minimum absolute atomic E-state index is 0.0625. The van der Waals surface area contributed by atoms with Crippen LogP contribution in [0.4, 0.5) is 0 Å². The Morgan fingerprint density at radius 1 is 1.62 bits per heavy atom. The number of hydrogen-bond acceptors (Lipinski definition) is 3. The summed E-state index contributed by atoms with van der Waals surface area (Å²) in [6, 6.07) is 1.40. The topological polar surface area (TPSA) is 46.5 Å². The fraction of sp³-hybridized carbons (Fsp3) is 0.222. The van der Waals surface area contributed by atoms with Crippen LogP contribution in [0.1, 0.15) is 15.9 Å². The lowest BCUT2D eigenvalue weighted by Crippen LogP contribution is -1.93. The predicted octanol–water partition coefficient (Wildman–Crippen LogP) is 2.28. The second kappa shape index (κ2) is 3.79. The first-order valence-electron chi connectivity index (χ1n) is 3.63. The number of ether oxygens (including phenoxy) is 1. The van der Waals surface area contributed by atoms with Crippen molar-refractivity contribution in [3.05, 3.63) is 21.7 Å². The lowest BCUT2D eigenvalue weighted by molar-refractivity contribution is 0.112. The molecule has 0 spiro atoms. The number of phenolic OH excluding ortho intramolecular Hbond substituents is 1. The van der Waals surface area contributed by atoms with Gasteiger partial charge in [-0.05, 0) is 28.4 Å². The zero-order valence-electron chi connectivity index (χ0n) is 7.30. The van der Waals surface area contributed by atoms with Gasteiger partial charge in [0.05, 0.1) is 17.1 Å². The van der Waals surface area contributed by atoms with Crippen molar-refractivity contribution in [1.29, 1.82) is 0 Å². The lowest BCUT2D eigenvalue weighted by atomic mass is 10.1. The van der Waals surface area contributed by atoms with Crippen LogP contribution in [0, 0.1) is 6.92 Å². The molecule has 4 heteroatoms. The SMILES string of the molecule is COc1cc(O)c(C=O)c(C)c1Br. The van der Waals surface area contributed by atoms with Gasteiger partial charge < -0.3 is 9.84 Å². The first kappa shape index (κ1) is 10.1. The fourth-order valence-electron chi connectivity index (χ4n) is 1.06. The highest BCUT2D eigenvalue weighted by Crippen LogP contribution is 2.35. The third-order valence-electron chi connectivity index (χ3n) is 1.83. The Morgan fingerprint density at radius 2 is 2.23 bits per heavy atom. The molecular weight excluding hydrogens is 236 g/mol. The summed E-state index contributed by atoms with van der Waals surface area (Å²) >= 11 is 3.27. The van der Waals surface area contributed by atoms with Crippen molar-refractivity contribution in [2.24, 2.45) is 0 Å². The summed E-state index contributed by atoms with van der Waals surface area (Å²) < 4.78 is 5.67. The molecule has 0 saturated heterocycles. The smallest absolute Gasteiger partial charge is 0.154 e. The molecule has 0 heterocycles. The molecule has 0 saturated carbocycles. The fourth-order valence-corrected chi connectivity index (χ4v) is 1.55. The van der Waals surface area contributed by atoms with Crippen molar-refractivity contribution in [2.45, 2.75) is 6.92 Å². The third-order valence-corrected chi connectivity index (χ3v) is 2.82. The first-order chi connectivity index (χ1) is 6.11. The Hall–Kier alpha value is -1.03. The zero-order valence-corrected chi connectivity index (χ0v) is 8.88. The molecular formula is C9H9BrO3. The van der Waals surface area contributed by atoms with Crippen LogP contribution in [0.15, 0.2) is 10.5 Å². The molecule has 0 fully saturated rings. The average Bonchev–Trinajstić information content (AvgIpc) is 2.12. The number of rotatable bonds is 2. The summed E-state index contributed by atoms with van der Waals surface area (Å²) in [6.45, 7) is 1.73. The van der Waals surface area contributed by atoms with Gasteiger partial charge in [0.2, 0.25) is 0 Å². The lowest BCUT2D eigenvalue weighted by Gasteiger charge is -2.09. The summed E-state index contributed by atoms with van der Waals surface area (Å²) in [5.74, 6) is 0.452. The monoisotopic (exact) mass is 244 g/mol. The van der Waals surface area contributed by atoms with Gasteiger partial charge in [-0.15, -0.1) is 0 Å². The van der Waals surface area contributed by atoms with Crippen molar-refractivity contribution < 1.29 is 14.6 Å². The Bertz CT molecular complexity index is 347. The van der Waals surface area contributed by atoms with Crippen molar-refractivity contribution in [1.82, 2.24) is 0 Å². The molecule has 1 aromatic carbocycles. The van der Waals surface area contributed by atoms with Gasteiger partial charge in [0.1, 0.15) is 11.5 Å². The predicted molar refractivity (Wildman–Crippen MR) is 52.5 cm³/mol. The highest BCUT2D eigenvalue weighted by molar-refractivity contribution is 9.10. The van der Waals surface area contributed by atoms with E-state index in [4.69, 9.17) is 4.74 Å². The van der Waals surface area contributed by atoms with E-state index in [2.05, 4.69) is 15.9 Å². The normalized spacial score (nSPS) is 9.77. The Morgan fingerprint density at radius 3 is 2.69 bits per heavy atom. The van der Waals surface area contributed by atoms with Crippen LogP contribution in [0.25, 0.3) is 0 Å². The third kappa shape index (κ3) is 1.67. The largest absolute Gasteiger partial charge is 0.507 e. The molecule has 1 aromatic rings. The number of benzene rings is 1. The maximum Gasteiger partial charge on any atom is 0.154 e. The number of aromatic hydroxyl groups is 1. The molecule has 0 bridgehead atoms. The van der Waals surface area contributed by atoms with E-state index in [1.165, 1.54) is 13.2 Å². The van der Waals surface area contributed by atoms with E-state index >= 15 is 0 Å². The van der Waals surface area contributed by atoms with Gasteiger partial charge in [-0.2, -0.15) is 0 Å². The van der Waals surface area contributed by atoms with Crippen molar-refractivity contribution in [2.75, 3.05) is 7.11 Å². The second-order valence-corrected chi connectivity index (χ2v) is 3.36. The number of aldehydes is 1. The van der Waals surface area contributed by atoms with Crippen molar-refractivity contribution in [3.8, 4) is 11.5 Å². The Labute approximate surface area is 84.5 Å². The molecule has 13 heavy (non-hydrogen) atoms. The van der Waals surface area contributed by atoms with Crippen LogP contribution in [-0.4, -0.2) is 18.5 Å². The van der Waals surface area contributed by atoms with Crippen LogP contribution in [0.5, 0.6) is 11.5 Å². The van der Waals surface area contributed by atoms with Crippen molar-refractivity contribution >= 4 is 22.2 Å². The van der Waals surface area contributed by atoms with Gasteiger partial charge in [0.25, 0.3) is 0 Å². The molecule has 0 radical (unpaired) electrons.